The highest BCUT2D eigenvalue weighted by Gasteiger charge is 2.04. The van der Waals surface area contributed by atoms with E-state index in [1.54, 1.807) is 12.1 Å². The fourth-order valence-electron chi connectivity index (χ4n) is 2.26. The van der Waals surface area contributed by atoms with Crippen LogP contribution < -0.4 is 4.90 Å². The molecule has 0 aliphatic heterocycles. The van der Waals surface area contributed by atoms with E-state index in [1.807, 2.05) is 55.4 Å². The van der Waals surface area contributed by atoms with Crippen molar-refractivity contribution >= 4 is 11.4 Å². The molecule has 0 N–H and O–H groups in total. The lowest BCUT2D eigenvalue weighted by Crippen LogP contribution is -2.07. The van der Waals surface area contributed by atoms with Crippen LogP contribution in [0, 0.1) is 33.8 Å². The summed E-state index contributed by atoms with van der Waals surface area (Å²) in [5.74, 6) is 12.3. The molecule has 3 rings (SSSR count). The second-order valence-corrected chi connectivity index (χ2v) is 5.94. The maximum Gasteiger partial charge on any atom is 0.269 e. The Labute approximate surface area is 152 Å². The Kier molecular flexibility index (Phi) is 4.87. The van der Waals surface area contributed by atoms with Crippen LogP contribution in [0.15, 0.2) is 71.8 Å². The molecule has 0 unspecified atom stereocenters. The molecule has 0 radical (unpaired) electrons. The van der Waals surface area contributed by atoms with Crippen LogP contribution >= 0.6 is 0 Å². The fourth-order valence-corrected chi connectivity index (χ4v) is 2.26. The zero-order valence-electron chi connectivity index (χ0n) is 14.5. The maximum absolute atomic E-state index is 10.6. The molecule has 0 heterocycles. The van der Waals surface area contributed by atoms with Crippen LogP contribution in [0.3, 0.4) is 0 Å². The van der Waals surface area contributed by atoms with Crippen molar-refractivity contribution in [3.05, 3.63) is 93.1 Å². The quantitative estimate of drug-likeness (QED) is 0.473. The summed E-state index contributed by atoms with van der Waals surface area (Å²) in [5, 5.41) is 10.6. The summed E-state index contributed by atoms with van der Waals surface area (Å²) in [4.78, 5) is 12.2. The SMILES string of the molecule is CN(C)c1ccc(C#CC2=CC(C#Cc3ccc([N+](=O)[O-])cc3)=C2)cc1. The Bertz CT molecular complexity index is 1020. The maximum atomic E-state index is 10.6. The standard InChI is InChI=1S/C22H16N2O2/c1-23(2)21-11-7-17(8-12-21)3-5-19-15-20(16-19)6-4-18-9-13-22(14-10-18)24(25)26/h7-16H,1-2H3. The van der Waals surface area contributed by atoms with Crippen LogP contribution in [0.2, 0.25) is 0 Å². The average Bonchev–Trinajstić information content (AvgIpc) is 2.60. The van der Waals surface area contributed by atoms with E-state index in [-0.39, 0.29) is 5.69 Å². The van der Waals surface area contributed by atoms with E-state index in [2.05, 4.69) is 23.7 Å². The molecular weight excluding hydrogens is 324 g/mol. The molecule has 1 aliphatic rings. The third-order valence-corrected chi connectivity index (χ3v) is 3.79. The molecule has 4 nitrogen and oxygen atoms in total. The lowest BCUT2D eigenvalue weighted by atomic mass is 9.99. The van der Waals surface area contributed by atoms with Crippen molar-refractivity contribution in [1.82, 2.24) is 0 Å². The van der Waals surface area contributed by atoms with Crippen LogP contribution in [0.1, 0.15) is 11.1 Å². The van der Waals surface area contributed by atoms with Gasteiger partial charge in [0.25, 0.3) is 5.69 Å². The van der Waals surface area contributed by atoms with Crippen molar-refractivity contribution in [3.8, 4) is 23.7 Å². The van der Waals surface area contributed by atoms with Gasteiger partial charge in [-0.3, -0.25) is 10.1 Å². The van der Waals surface area contributed by atoms with E-state index >= 15 is 0 Å². The van der Waals surface area contributed by atoms with Crippen LogP contribution in [0.4, 0.5) is 11.4 Å². The third kappa shape index (κ3) is 4.20. The molecule has 0 atom stereocenters. The molecule has 0 amide bonds. The van der Waals surface area contributed by atoms with Crippen LogP contribution in [-0.2, 0) is 0 Å². The van der Waals surface area contributed by atoms with E-state index in [0.717, 1.165) is 28.0 Å². The summed E-state index contributed by atoms with van der Waals surface area (Å²) in [5.41, 5.74) is 4.75. The lowest BCUT2D eigenvalue weighted by Gasteiger charge is -2.11. The van der Waals surface area contributed by atoms with Gasteiger partial charge < -0.3 is 4.90 Å². The second-order valence-electron chi connectivity index (χ2n) is 5.94. The smallest absolute Gasteiger partial charge is 0.269 e. The van der Waals surface area contributed by atoms with Crippen molar-refractivity contribution in [1.29, 1.82) is 0 Å². The van der Waals surface area contributed by atoms with E-state index in [1.165, 1.54) is 12.1 Å². The van der Waals surface area contributed by atoms with Gasteiger partial charge in [0.2, 0.25) is 0 Å². The van der Waals surface area contributed by atoms with Gasteiger partial charge >= 0.3 is 0 Å². The Morgan fingerprint density at radius 2 is 1.23 bits per heavy atom. The molecule has 0 saturated heterocycles. The molecule has 2 aromatic carbocycles. The second kappa shape index (κ2) is 7.42. The van der Waals surface area contributed by atoms with Gasteiger partial charge in [-0.05, 0) is 48.6 Å². The third-order valence-electron chi connectivity index (χ3n) is 3.79. The van der Waals surface area contributed by atoms with Gasteiger partial charge in [-0.1, -0.05) is 23.7 Å². The first-order valence-electron chi connectivity index (χ1n) is 8.00. The molecular formula is C22H16N2O2. The summed E-state index contributed by atoms with van der Waals surface area (Å²) in [6.07, 6.45) is 3.86. The van der Waals surface area contributed by atoms with Crippen molar-refractivity contribution in [3.63, 3.8) is 0 Å². The Morgan fingerprint density at radius 3 is 1.65 bits per heavy atom. The molecule has 2 aromatic rings. The predicted octanol–water partition coefficient (Wildman–Crippen LogP) is 3.93. The summed E-state index contributed by atoms with van der Waals surface area (Å²) < 4.78 is 0. The number of anilines is 1. The monoisotopic (exact) mass is 340 g/mol. The zero-order chi connectivity index (χ0) is 18.5. The first-order valence-corrected chi connectivity index (χ1v) is 8.00. The van der Waals surface area contributed by atoms with E-state index in [0.29, 0.717) is 0 Å². The average molecular weight is 340 g/mol. The fraction of sp³-hybridized carbons (Fsp3) is 0.0909. The van der Waals surface area contributed by atoms with Gasteiger partial charge in [-0.15, -0.1) is 0 Å². The highest BCUT2D eigenvalue weighted by atomic mass is 16.6. The minimum Gasteiger partial charge on any atom is -0.378 e. The van der Waals surface area contributed by atoms with Crippen molar-refractivity contribution in [2.45, 2.75) is 0 Å². The minimum atomic E-state index is -0.423. The lowest BCUT2D eigenvalue weighted by molar-refractivity contribution is -0.384. The summed E-state index contributed by atoms with van der Waals surface area (Å²) in [6.45, 7) is 0. The molecule has 0 fully saturated rings. The zero-order valence-corrected chi connectivity index (χ0v) is 14.5. The molecule has 4 heteroatoms. The number of nitro benzene ring substituents is 1. The first-order chi connectivity index (χ1) is 12.5. The Balaban J connectivity index is 1.60. The highest BCUT2D eigenvalue weighted by Crippen LogP contribution is 2.17. The van der Waals surface area contributed by atoms with Crippen LogP contribution in [-0.4, -0.2) is 19.0 Å². The normalized spacial score (nSPS) is 11.6. The highest BCUT2D eigenvalue weighted by molar-refractivity contribution is 5.63. The largest absolute Gasteiger partial charge is 0.378 e. The van der Waals surface area contributed by atoms with Crippen molar-refractivity contribution < 1.29 is 4.92 Å². The first kappa shape index (κ1) is 17.1. The number of benzene rings is 2. The van der Waals surface area contributed by atoms with Gasteiger partial charge in [0.1, 0.15) is 0 Å². The van der Waals surface area contributed by atoms with Crippen LogP contribution in [0.5, 0.6) is 0 Å². The summed E-state index contributed by atoms with van der Waals surface area (Å²) in [7, 11) is 4.01. The van der Waals surface area contributed by atoms with E-state index < -0.39 is 4.92 Å². The van der Waals surface area contributed by atoms with Gasteiger partial charge in [-0.2, -0.15) is 0 Å². The predicted molar refractivity (Wildman–Crippen MR) is 104 cm³/mol. The Hall–Kier alpha value is -3.76. The number of rotatable bonds is 2. The summed E-state index contributed by atoms with van der Waals surface area (Å²) in [6, 6.07) is 14.3. The molecule has 0 saturated carbocycles. The number of non-ortho nitro benzene ring substituents is 1. The van der Waals surface area contributed by atoms with E-state index in [4.69, 9.17) is 0 Å². The van der Waals surface area contributed by atoms with Gasteiger partial charge in [0.15, 0.2) is 0 Å². The van der Waals surface area contributed by atoms with Gasteiger partial charge in [-0.25, -0.2) is 0 Å². The topological polar surface area (TPSA) is 46.4 Å². The molecule has 126 valence electrons. The molecule has 0 spiro atoms. The van der Waals surface area contributed by atoms with E-state index in [9.17, 15) is 10.1 Å². The molecule has 0 bridgehead atoms. The van der Waals surface area contributed by atoms with Gasteiger partial charge in [0.05, 0.1) is 4.92 Å². The molecule has 26 heavy (non-hydrogen) atoms. The summed E-state index contributed by atoms with van der Waals surface area (Å²) >= 11 is 0. The number of nitro groups is 1. The van der Waals surface area contributed by atoms with Gasteiger partial charge in [0, 0.05) is 54.2 Å². The molecule has 0 aromatic heterocycles. The van der Waals surface area contributed by atoms with Crippen molar-refractivity contribution in [2.24, 2.45) is 0 Å². The minimum absolute atomic E-state index is 0.0643. The van der Waals surface area contributed by atoms with Crippen molar-refractivity contribution in [2.75, 3.05) is 19.0 Å². The molecule has 1 aliphatic carbocycles. The van der Waals surface area contributed by atoms with Crippen LogP contribution in [0.25, 0.3) is 0 Å². The number of hydrogen-bond donors (Lipinski definition) is 0. The Morgan fingerprint density at radius 1 is 0.769 bits per heavy atom. The number of nitrogens with zero attached hydrogens (tertiary/aromatic N) is 2. The number of hydrogen-bond acceptors (Lipinski definition) is 3. The number of allylic oxidation sites excluding steroid dienone is 4.